The van der Waals surface area contributed by atoms with Gasteiger partial charge in [-0.05, 0) is 17.7 Å². The van der Waals surface area contributed by atoms with Gasteiger partial charge in [0, 0.05) is 13.6 Å². The Morgan fingerprint density at radius 2 is 2.20 bits per heavy atom. The number of carbonyl (C=O) groups excluding carboxylic acids is 2. The van der Waals surface area contributed by atoms with E-state index in [2.05, 4.69) is 0 Å². The highest BCUT2D eigenvalue weighted by molar-refractivity contribution is 6.02. The average Bonchev–Trinajstić information content (AvgIpc) is 2.91. The Morgan fingerprint density at radius 3 is 2.85 bits per heavy atom. The summed E-state index contributed by atoms with van der Waals surface area (Å²) in [5.41, 5.74) is 6.72. The van der Waals surface area contributed by atoms with E-state index in [1.165, 1.54) is 22.9 Å². The van der Waals surface area contributed by atoms with Crippen LogP contribution in [0.4, 0.5) is 20.6 Å². The summed E-state index contributed by atoms with van der Waals surface area (Å²) in [4.78, 5) is 26.0. The maximum absolute atomic E-state index is 14.1. The lowest BCUT2D eigenvalue weighted by molar-refractivity contribution is -0.117. The Morgan fingerprint density at radius 1 is 1.45 bits per heavy atom. The van der Waals surface area contributed by atoms with Crippen LogP contribution in [0.5, 0.6) is 0 Å². The number of carbonyl (C=O) groups is 2. The Balaban J connectivity index is 1.98. The highest BCUT2D eigenvalue weighted by Crippen LogP contribution is 2.35. The second-order valence-corrected chi connectivity index (χ2v) is 4.92. The number of rotatable bonds is 2. The van der Waals surface area contributed by atoms with E-state index in [0.717, 1.165) is 0 Å². The first kappa shape index (κ1) is 12.9. The number of benzene rings is 1. The first-order valence-electron chi connectivity index (χ1n) is 6.28. The first-order valence-corrected chi connectivity index (χ1v) is 6.28. The lowest BCUT2D eigenvalue weighted by Gasteiger charge is -2.16. The molecule has 2 heterocycles. The van der Waals surface area contributed by atoms with Crippen LogP contribution in [-0.4, -0.2) is 38.2 Å². The van der Waals surface area contributed by atoms with Gasteiger partial charge in [-0.25, -0.2) is 9.18 Å². The van der Waals surface area contributed by atoms with Gasteiger partial charge >= 0.3 is 6.09 Å². The molecule has 0 aromatic heterocycles. The number of halogens is 1. The Labute approximate surface area is 114 Å². The van der Waals surface area contributed by atoms with E-state index in [9.17, 15) is 14.0 Å². The Kier molecular flexibility index (Phi) is 2.86. The second kappa shape index (κ2) is 4.45. The third kappa shape index (κ3) is 1.82. The molecule has 1 atom stereocenters. The highest BCUT2D eigenvalue weighted by Gasteiger charge is 2.34. The first-order chi connectivity index (χ1) is 9.51. The van der Waals surface area contributed by atoms with E-state index in [4.69, 9.17) is 10.5 Å². The van der Waals surface area contributed by atoms with E-state index in [1.807, 2.05) is 0 Å². The van der Waals surface area contributed by atoms with Crippen molar-refractivity contribution in [2.45, 2.75) is 12.5 Å². The topological polar surface area (TPSA) is 75.9 Å². The molecule has 0 radical (unpaired) electrons. The van der Waals surface area contributed by atoms with Crippen molar-refractivity contribution in [1.82, 2.24) is 0 Å². The van der Waals surface area contributed by atoms with Crippen LogP contribution >= 0.6 is 0 Å². The summed E-state index contributed by atoms with van der Waals surface area (Å²) in [7, 11) is 1.53. The predicted molar refractivity (Wildman–Crippen MR) is 70.2 cm³/mol. The van der Waals surface area contributed by atoms with E-state index in [-0.39, 0.29) is 37.2 Å². The zero-order valence-electron chi connectivity index (χ0n) is 10.9. The summed E-state index contributed by atoms with van der Waals surface area (Å²) in [5.74, 6) is -0.685. The van der Waals surface area contributed by atoms with Crippen LogP contribution < -0.4 is 15.5 Å². The minimum atomic E-state index is -0.544. The summed E-state index contributed by atoms with van der Waals surface area (Å²) >= 11 is 0. The van der Waals surface area contributed by atoms with Crippen LogP contribution in [0, 0.1) is 5.82 Å². The number of ether oxygens (including phenoxy) is 1. The normalized spacial score (nSPS) is 21.4. The Bertz CT molecular complexity index is 605. The van der Waals surface area contributed by atoms with Gasteiger partial charge in [0.15, 0.2) is 0 Å². The van der Waals surface area contributed by atoms with Crippen LogP contribution in [-0.2, 0) is 16.0 Å². The van der Waals surface area contributed by atoms with Gasteiger partial charge in [0.25, 0.3) is 0 Å². The minimum absolute atomic E-state index is 0.139. The third-order valence-electron chi connectivity index (χ3n) is 3.63. The van der Waals surface area contributed by atoms with Crippen LogP contribution in [0.25, 0.3) is 0 Å². The van der Waals surface area contributed by atoms with E-state index in [0.29, 0.717) is 11.3 Å². The molecule has 0 aliphatic carbocycles. The second-order valence-electron chi connectivity index (χ2n) is 4.92. The zero-order valence-corrected chi connectivity index (χ0v) is 10.9. The molecule has 7 heteroatoms. The van der Waals surface area contributed by atoms with E-state index < -0.39 is 11.9 Å². The fourth-order valence-corrected chi connectivity index (χ4v) is 2.57. The van der Waals surface area contributed by atoms with Crippen molar-refractivity contribution in [2.24, 2.45) is 5.73 Å². The fraction of sp³-hybridized carbons (Fsp3) is 0.385. The number of hydrogen-bond acceptors (Lipinski definition) is 4. The molecule has 0 bridgehead atoms. The van der Waals surface area contributed by atoms with Gasteiger partial charge in [-0.2, -0.15) is 0 Å². The maximum atomic E-state index is 14.1. The molecule has 1 aromatic rings. The van der Waals surface area contributed by atoms with Crippen LogP contribution in [0.2, 0.25) is 0 Å². The molecule has 1 fully saturated rings. The number of likely N-dealkylation sites (N-methyl/N-ethyl adjacent to an activating group) is 1. The van der Waals surface area contributed by atoms with Gasteiger partial charge in [-0.3, -0.25) is 9.69 Å². The average molecular weight is 279 g/mol. The molecule has 3 rings (SSSR count). The van der Waals surface area contributed by atoms with Crippen molar-refractivity contribution >= 4 is 23.4 Å². The lowest BCUT2D eigenvalue weighted by atomic mass is 10.1. The maximum Gasteiger partial charge on any atom is 0.414 e. The van der Waals surface area contributed by atoms with Gasteiger partial charge in [-0.15, -0.1) is 0 Å². The number of nitrogens with zero attached hydrogens (tertiary/aromatic N) is 2. The molecule has 20 heavy (non-hydrogen) atoms. The van der Waals surface area contributed by atoms with E-state index >= 15 is 0 Å². The van der Waals surface area contributed by atoms with Crippen molar-refractivity contribution in [2.75, 3.05) is 29.9 Å². The summed E-state index contributed by atoms with van der Waals surface area (Å²) in [6.45, 7) is 0.508. The van der Waals surface area contributed by atoms with Crippen LogP contribution in [0.3, 0.4) is 0 Å². The molecule has 1 saturated heterocycles. The summed E-state index contributed by atoms with van der Waals surface area (Å²) in [6.07, 6.45) is -0.791. The molecule has 6 nitrogen and oxygen atoms in total. The van der Waals surface area contributed by atoms with Crippen molar-refractivity contribution in [1.29, 1.82) is 0 Å². The molecular formula is C13H14FN3O3. The molecular weight excluding hydrogens is 265 g/mol. The fourth-order valence-electron chi connectivity index (χ4n) is 2.57. The van der Waals surface area contributed by atoms with Crippen molar-refractivity contribution in [3.8, 4) is 0 Å². The number of anilines is 2. The monoisotopic (exact) mass is 279 g/mol. The molecule has 0 spiro atoms. The molecule has 106 valence electrons. The predicted octanol–water partition coefficient (Wildman–Crippen LogP) is 0.628. The molecule has 1 unspecified atom stereocenters. The number of fused-ring (bicyclic) bond motifs is 1. The van der Waals surface area contributed by atoms with Crippen LogP contribution in [0.1, 0.15) is 5.56 Å². The smallest absolute Gasteiger partial charge is 0.414 e. The van der Waals surface area contributed by atoms with Crippen molar-refractivity contribution in [3.63, 3.8) is 0 Å². The van der Waals surface area contributed by atoms with Crippen molar-refractivity contribution in [3.05, 3.63) is 23.5 Å². The van der Waals surface area contributed by atoms with E-state index in [1.54, 1.807) is 6.07 Å². The highest BCUT2D eigenvalue weighted by atomic mass is 19.1. The standard InChI is InChI=1S/C13H14FN3O3/c1-16-11(18)3-7-2-8(4-10(14)12(7)16)17-6-9(5-15)20-13(17)19/h2,4,9H,3,5-6,15H2,1H3. The number of nitrogens with two attached hydrogens (primary N) is 1. The molecule has 2 N–H and O–H groups in total. The Hall–Kier alpha value is -2.15. The van der Waals surface area contributed by atoms with Crippen LogP contribution in [0.15, 0.2) is 12.1 Å². The summed E-state index contributed by atoms with van der Waals surface area (Å²) < 4.78 is 19.2. The van der Waals surface area contributed by atoms with Crippen molar-refractivity contribution < 1.29 is 18.7 Å². The SMILES string of the molecule is CN1C(=O)Cc2cc(N3CC(CN)OC3=O)cc(F)c21. The van der Waals surface area contributed by atoms with Gasteiger partial charge in [-0.1, -0.05) is 0 Å². The van der Waals surface area contributed by atoms with Gasteiger partial charge < -0.3 is 15.4 Å². The summed E-state index contributed by atoms with van der Waals surface area (Å²) in [5, 5.41) is 0. The lowest BCUT2D eigenvalue weighted by Crippen LogP contribution is -2.27. The zero-order chi connectivity index (χ0) is 14.4. The molecule has 2 aliphatic heterocycles. The molecule has 2 amide bonds. The quantitative estimate of drug-likeness (QED) is 0.861. The number of amides is 2. The minimum Gasteiger partial charge on any atom is -0.443 e. The largest absolute Gasteiger partial charge is 0.443 e. The van der Waals surface area contributed by atoms with Gasteiger partial charge in [0.1, 0.15) is 11.9 Å². The summed E-state index contributed by atoms with van der Waals surface area (Å²) in [6, 6.07) is 2.90. The molecule has 1 aromatic carbocycles. The third-order valence-corrected chi connectivity index (χ3v) is 3.63. The number of hydrogen-bond donors (Lipinski definition) is 1. The number of cyclic esters (lactones) is 1. The van der Waals surface area contributed by atoms with Gasteiger partial charge in [0.05, 0.1) is 24.3 Å². The van der Waals surface area contributed by atoms with Gasteiger partial charge in [0.2, 0.25) is 5.91 Å². The molecule has 0 saturated carbocycles. The molecule has 2 aliphatic rings.